The highest BCUT2D eigenvalue weighted by atomic mass is 31.1. The number of likely N-dealkylation sites (N-methyl/N-ethyl adjacent to an activating group) is 1. The Morgan fingerprint density at radius 2 is 1.03 bits per heavy atom. The van der Waals surface area contributed by atoms with Gasteiger partial charge in [-0.25, -0.2) is 0 Å². The van der Waals surface area contributed by atoms with Gasteiger partial charge < -0.3 is 4.90 Å². The summed E-state index contributed by atoms with van der Waals surface area (Å²) in [5, 5.41) is 3.20. The first-order valence-corrected chi connectivity index (χ1v) is 17.1. The summed E-state index contributed by atoms with van der Waals surface area (Å²) in [5.41, 5.74) is 1.67. The van der Waals surface area contributed by atoms with E-state index < -0.39 is 0 Å². The molecule has 0 amide bonds. The van der Waals surface area contributed by atoms with Gasteiger partial charge in [-0.05, 0) is 150 Å². The zero-order valence-corrected chi connectivity index (χ0v) is 24.1. The van der Waals surface area contributed by atoms with Gasteiger partial charge in [0, 0.05) is 36.2 Å². The van der Waals surface area contributed by atoms with Crippen molar-refractivity contribution < 1.29 is 0 Å². The average molecular weight is 505 g/mol. The minimum absolute atomic E-state index is 0.144. The smallest absolute Gasteiger partial charge is 0.0445 e. The first kappa shape index (κ1) is 23.3. The molecule has 8 aliphatic carbocycles. The van der Waals surface area contributed by atoms with Crippen molar-refractivity contribution in [3.05, 3.63) is 24.3 Å². The Morgan fingerprint density at radius 1 is 0.639 bits per heavy atom. The van der Waals surface area contributed by atoms with E-state index in [-0.39, 0.29) is 7.92 Å². The Morgan fingerprint density at radius 3 is 1.44 bits per heavy atom. The molecular weight excluding hydrogens is 455 g/mol. The number of benzene rings is 1. The number of hydrogen-bond donors (Lipinski definition) is 0. The molecule has 1 aromatic rings. The maximum absolute atomic E-state index is 2.85. The number of nitrogens with zero attached hydrogens (tertiary/aromatic N) is 2. The highest BCUT2D eigenvalue weighted by Gasteiger charge is 2.63. The topological polar surface area (TPSA) is 6.48 Å². The van der Waals surface area contributed by atoms with Gasteiger partial charge in [-0.2, -0.15) is 0 Å². The van der Waals surface area contributed by atoms with Gasteiger partial charge in [0.05, 0.1) is 0 Å². The number of rotatable bonds is 4. The van der Waals surface area contributed by atoms with E-state index >= 15 is 0 Å². The molecule has 8 saturated carbocycles. The van der Waals surface area contributed by atoms with Crippen LogP contribution in [-0.2, 0) is 0 Å². The largest absolute Gasteiger partial charge is 0.368 e. The summed E-state index contributed by atoms with van der Waals surface area (Å²) in [6.45, 7) is 7.30. The van der Waals surface area contributed by atoms with Gasteiger partial charge in [0.2, 0.25) is 0 Å². The number of para-hydroxylation sites is 1. The third-order valence-electron chi connectivity index (χ3n) is 12.8. The molecular formula is C33H49N2P. The lowest BCUT2D eigenvalue weighted by atomic mass is 9.55. The van der Waals surface area contributed by atoms with E-state index in [4.69, 9.17) is 0 Å². The molecule has 196 valence electrons. The minimum atomic E-state index is -0.144. The number of piperazine rings is 1. The lowest BCUT2D eigenvalue weighted by Gasteiger charge is -2.67. The van der Waals surface area contributed by atoms with Crippen molar-refractivity contribution in [3.8, 4) is 0 Å². The third kappa shape index (κ3) is 3.48. The van der Waals surface area contributed by atoms with Gasteiger partial charge in [-0.3, -0.25) is 4.90 Å². The van der Waals surface area contributed by atoms with Crippen LogP contribution >= 0.6 is 7.92 Å². The molecule has 10 rings (SSSR count). The lowest BCUT2D eigenvalue weighted by molar-refractivity contribution is 0.0195. The Balaban J connectivity index is 1.27. The van der Waals surface area contributed by atoms with Crippen LogP contribution in [-0.4, -0.2) is 47.4 Å². The Bertz CT molecular complexity index is 890. The van der Waals surface area contributed by atoms with E-state index in [0.717, 1.165) is 35.5 Å². The van der Waals surface area contributed by atoms with E-state index in [1.165, 1.54) is 13.1 Å². The summed E-state index contributed by atoms with van der Waals surface area (Å²) in [6, 6.07) is 11.3. The molecule has 1 heterocycles. The standard InChI is InChI=1S/C33H49N2P/c1-22-20-35(21-23(2)34(22)3)30-6-4-5-7-31(30)36(32-14-24-8-25(15-32)10-26(9-24)16-32)33-17-27-11-28(18-33)13-29(12-27)19-33/h4-7,22-29H,8-21H2,1-3H3. The normalized spacial score (nSPS) is 50.1. The first-order valence-electron chi connectivity index (χ1n) is 15.8. The van der Waals surface area contributed by atoms with Crippen LogP contribution in [0.5, 0.6) is 0 Å². The Labute approximate surface area is 221 Å². The van der Waals surface area contributed by atoms with E-state index in [1.807, 2.05) is 5.30 Å². The maximum Gasteiger partial charge on any atom is 0.0445 e. The zero-order chi connectivity index (χ0) is 24.2. The van der Waals surface area contributed by atoms with E-state index in [0.29, 0.717) is 22.4 Å². The summed E-state index contributed by atoms with van der Waals surface area (Å²) in [6.07, 6.45) is 19.1. The monoisotopic (exact) mass is 504 g/mol. The second-order valence-corrected chi connectivity index (χ2v) is 18.4. The van der Waals surface area contributed by atoms with Crippen LogP contribution < -0.4 is 10.2 Å². The summed E-state index contributed by atoms with van der Waals surface area (Å²) >= 11 is 0. The quantitative estimate of drug-likeness (QED) is 0.398. The summed E-state index contributed by atoms with van der Waals surface area (Å²) in [7, 11) is 2.20. The molecule has 2 atom stereocenters. The van der Waals surface area contributed by atoms with Crippen LogP contribution in [0.25, 0.3) is 0 Å². The fraction of sp³-hybridized carbons (Fsp3) is 0.818. The molecule has 36 heavy (non-hydrogen) atoms. The first-order chi connectivity index (χ1) is 17.4. The lowest BCUT2D eigenvalue weighted by Crippen LogP contribution is -2.59. The van der Waals surface area contributed by atoms with Gasteiger partial charge in [-0.15, -0.1) is 0 Å². The fourth-order valence-electron chi connectivity index (χ4n) is 12.2. The third-order valence-corrected chi connectivity index (χ3v) is 16.6. The molecule has 9 aliphatic rings. The second-order valence-electron chi connectivity index (χ2n) is 15.4. The molecule has 9 fully saturated rings. The SMILES string of the molecule is CC1CN(c2ccccc2P(C23CC4CC(CC(C4)C2)C3)C23CC4CC(CC(C4)C2)C3)CC(C)N1C. The molecule has 1 aliphatic heterocycles. The van der Waals surface area contributed by atoms with Crippen LogP contribution in [0.4, 0.5) is 5.69 Å². The highest BCUT2D eigenvalue weighted by molar-refractivity contribution is 7.69. The summed E-state index contributed by atoms with van der Waals surface area (Å²) < 4.78 is 0. The molecule has 0 N–H and O–H groups in total. The van der Waals surface area contributed by atoms with Crippen molar-refractivity contribution in [2.24, 2.45) is 35.5 Å². The van der Waals surface area contributed by atoms with Crippen LogP contribution in [0.1, 0.15) is 90.9 Å². The Kier molecular flexibility index (Phi) is 5.31. The van der Waals surface area contributed by atoms with Crippen molar-refractivity contribution in [2.45, 2.75) is 113 Å². The molecule has 1 aromatic carbocycles. The van der Waals surface area contributed by atoms with Crippen LogP contribution in [0.3, 0.4) is 0 Å². The van der Waals surface area contributed by atoms with Crippen LogP contribution in [0.2, 0.25) is 0 Å². The fourth-order valence-corrected chi connectivity index (χ4v) is 17.6. The number of hydrogen-bond acceptors (Lipinski definition) is 2. The predicted octanol–water partition coefficient (Wildman–Crippen LogP) is 7.26. The molecule has 0 spiro atoms. The zero-order valence-electron chi connectivity index (χ0n) is 23.2. The van der Waals surface area contributed by atoms with Crippen LogP contribution in [0, 0.1) is 35.5 Å². The molecule has 8 bridgehead atoms. The van der Waals surface area contributed by atoms with Crippen molar-refractivity contribution in [2.75, 3.05) is 25.0 Å². The van der Waals surface area contributed by atoms with Crippen molar-refractivity contribution in [1.29, 1.82) is 0 Å². The van der Waals surface area contributed by atoms with Gasteiger partial charge in [0.15, 0.2) is 0 Å². The van der Waals surface area contributed by atoms with Crippen LogP contribution in [0.15, 0.2) is 24.3 Å². The van der Waals surface area contributed by atoms with Crippen molar-refractivity contribution >= 4 is 18.9 Å². The minimum Gasteiger partial charge on any atom is -0.368 e. The van der Waals surface area contributed by atoms with Gasteiger partial charge >= 0.3 is 0 Å². The second kappa shape index (κ2) is 8.21. The highest BCUT2D eigenvalue weighted by Crippen LogP contribution is 2.78. The molecule has 3 heteroatoms. The molecule has 0 aromatic heterocycles. The van der Waals surface area contributed by atoms with Gasteiger partial charge in [0.1, 0.15) is 0 Å². The summed E-state index contributed by atoms with van der Waals surface area (Å²) in [4.78, 5) is 5.46. The van der Waals surface area contributed by atoms with E-state index in [9.17, 15) is 0 Å². The predicted molar refractivity (Wildman–Crippen MR) is 154 cm³/mol. The van der Waals surface area contributed by atoms with Crippen molar-refractivity contribution in [1.82, 2.24) is 4.90 Å². The Hall–Kier alpha value is -0.590. The van der Waals surface area contributed by atoms with E-state index in [1.54, 1.807) is 82.7 Å². The van der Waals surface area contributed by atoms with Gasteiger partial charge in [0.25, 0.3) is 0 Å². The number of anilines is 1. The average Bonchev–Trinajstić information content (AvgIpc) is 2.80. The molecule has 1 saturated heterocycles. The van der Waals surface area contributed by atoms with Gasteiger partial charge in [-0.1, -0.05) is 26.1 Å². The maximum atomic E-state index is 2.85. The van der Waals surface area contributed by atoms with E-state index in [2.05, 4.69) is 55.0 Å². The molecule has 2 nitrogen and oxygen atoms in total. The molecule has 0 radical (unpaired) electrons. The van der Waals surface area contributed by atoms with Crippen molar-refractivity contribution in [3.63, 3.8) is 0 Å². The summed E-state index contributed by atoms with van der Waals surface area (Å²) in [5.74, 6) is 6.37. The molecule has 2 unspecified atom stereocenters.